The van der Waals surface area contributed by atoms with Crippen LogP contribution in [0.15, 0.2) is 18.2 Å². The minimum Gasteiger partial charge on any atom is -0.490 e. The summed E-state index contributed by atoms with van der Waals surface area (Å²) < 4.78 is 11.6. The van der Waals surface area contributed by atoms with E-state index in [4.69, 9.17) is 9.47 Å². The minimum atomic E-state index is 0.389. The number of rotatable bonds is 3. The number of benzene rings is 1. The summed E-state index contributed by atoms with van der Waals surface area (Å²) in [5.41, 5.74) is 1.72. The lowest BCUT2D eigenvalue weighted by Gasteiger charge is -2.34. The Kier molecular flexibility index (Phi) is 4.12. The van der Waals surface area contributed by atoms with Crippen molar-refractivity contribution in [1.29, 1.82) is 0 Å². The first-order valence-corrected chi connectivity index (χ1v) is 8.18. The lowest BCUT2D eigenvalue weighted by atomic mass is 9.75. The van der Waals surface area contributed by atoms with E-state index in [2.05, 4.69) is 44.4 Å². The van der Waals surface area contributed by atoms with Gasteiger partial charge in [0.1, 0.15) is 0 Å². The van der Waals surface area contributed by atoms with Crippen LogP contribution in [0.25, 0.3) is 0 Å². The zero-order valence-electron chi connectivity index (χ0n) is 13.4. The minimum absolute atomic E-state index is 0.389. The van der Waals surface area contributed by atoms with Gasteiger partial charge in [-0.15, -0.1) is 0 Å². The van der Waals surface area contributed by atoms with E-state index < -0.39 is 0 Å². The number of hydrogen-bond donors (Lipinski definition) is 1. The Balaban J connectivity index is 1.89. The average molecular weight is 289 g/mol. The molecule has 1 aliphatic carbocycles. The van der Waals surface area contributed by atoms with Gasteiger partial charge in [0, 0.05) is 12.5 Å². The third-order valence-electron chi connectivity index (χ3n) is 5.18. The van der Waals surface area contributed by atoms with Crippen LogP contribution >= 0.6 is 0 Å². The highest BCUT2D eigenvalue weighted by molar-refractivity contribution is 5.44. The Morgan fingerprint density at radius 3 is 2.57 bits per heavy atom. The maximum absolute atomic E-state index is 5.85. The molecule has 2 aliphatic rings. The SMILES string of the molecule is CNC(c1ccc2c(c1)OCCCO2)C1CCCC1(C)C. The van der Waals surface area contributed by atoms with Gasteiger partial charge in [-0.3, -0.25) is 0 Å². The van der Waals surface area contributed by atoms with E-state index in [1.807, 2.05) is 0 Å². The zero-order valence-corrected chi connectivity index (χ0v) is 13.4. The topological polar surface area (TPSA) is 30.5 Å². The average Bonchev–Trinajstić information content (AvgIpc) is 2.69. The fourth-order valence-corrected chi connectivity index (χ4v) is 3.95. The van der Waals surface area contributed by atoms with Crippen molar-refractivity contribution in [2.45, 2.75) is 45.6 Å². The van der Waals surface area contributed by atoms with Crippen molar-refractivity contribution in [2.75, 3.05) is 20.3 Å². The van der Waals surface area contributed by atoms with Crippen molar-refractivity contribution in [1.82, 2.24) is 5.32 Å². The molecule has 1 aromatic carbocycles. The fourth-order valence-electron chi connectivity index (χ4n) is 3.95. The standard InChI is InChI=1S/C18H27NO2/c1-18(2)9-4-6-14(18)17(19-3)13-7-8-15-16(12-13)21-11-5-10-20-15/h7-8,12,14,17,19H,4-6,9-11H2,1-3H3. The lowest BCUT2D eigenvalue weighted by Crippen LogP contribution is -2.32. The highest BCUT2D eigenvalue weighted by Crippen LogP contribution is 2.49. The first-order valence-electron chi connectivity index (χ1n) is 8.18. The molecule has 0 radical (unpaired) electrons. The summed E-state index contributed by atoms with van der Waals surface area (Å²) in [6.07, 6.45) is 4.91. The van der Waals surface area contributed by atoms with Gasteiger partial charge in [-0.25, -0.2) is 0 Å². The fraction of sp³-hybridized carbons (Fsp3) is 0.667. The number of hydrogen-bond acceptors (Lipinski definition) is 3. The molecule has 2 atom stereocenters. The Bertz CT molecular complexity index is 498. The normalized spacial score (nSPS) is 25.4. The van der Waals surface area contributed by atoms with Crippen molar-refractivity contribution in [3.63, 3.8) is 0 Å². The second-order valence-electron chi connectivity index (χ2n) is 7.01. The molecular formula is C18H27NO2. The van der Waals surface area contributed by atoms with Gasteiger partial charge < -0.3 is 14.8 Å². The molecule has 21 heavy (non-hydrogen) atoms. The third kappa shape index (κ3) is 2.89. The molecule has 0 amide bonds. The second kappa shape index (κ2) is 5.88. The highest BCUT2D eigenvalue weighted by Gasteiger charge is 2.39. The van der Waals surface area contributed by atoms with Crippen molar-refractivity contribution in [3.8, 4) is 11.5 Å². The molecule has 3 heteroatoms. The van der Waals surface area contributed by atoms with Crippen molar-refractivity contribution in [2.24, 2.45) is 11.3 Å². The first kappa shape index (κ1) is 14.7. The van der Waals surface area contributed by atoms with E-state index in [0.717, 1.165) is 31.1 Å². The molecule has 1 fully saturated rings. The molecule has 0 aromatic heterocycles. The number of ether oxygens (including phenoxy) is 2. The van der Waals surface area contributed by atoms with Crippen LogP contribution in [0, 0.1) is 11.3 Å². The van der Waals surface area contributed by atoms with Gasteiger partial charge in [-0.1, -0.05) is 26.3 Å². The predicted molar refractivity (Wildman–Crippen MR) is 85.0 cm³/mol. The predicted octanol–water partition coefficient (Wildman–Crippen LogP) is 3.93. The number of nitrogens with one attached hydrogen (secondary N) is 1. The van der Waals surface area contributed by atoms with Crippen molar-refractivity contribution >= 4 is 0 Å². The van der Waals surface area contributed by atoms with Gasteiger partial charge in [0.05, 0.1) is 13.2 Å². The Labute approximate surface area is 128 Å². The summed E-state index contributed by atoms with van der Waals surface area (Å²) in [6, 6.07) is 6.83. The Morgan fingerprint density at radius 2 is 1.90 bits per heavy atom. The van der Waals surface area contributed by atoms with E-state index in [1.165, 1.54) is 24.8 Å². The summed E-state index contributed by atoms with van der Waals surface area (Å²) in [6.45, 7) is 6.29. The third-order valence-corrected chi connectivity index (χ3v) is 5.18. The molecule has 0 saturated heterocycles. The van der Waals surface area contributed by atoms with Crippen LogP contribution in [0.5, 0.6) is 11.5 Å². The van der Waals surface area contributed by atoms with Gasteiger partial charge in [0.15, 0.2) is 11.5 Å². The molecule has 3 nitrogen and oxygen atoms in total. The summed E-state index contributed by atoms with van der Waals surface area (Å²) >= 11 is 0. The van der Waals surface area contributed by atoms with Crippen LogP contribution in [0.1, 0.15) is 51.1 Å². The van der Waals surface area contributed by atoms with Crippen LogP contribution in [0.2, 0.25) is 0 Å². The zero-order chi connectivity index (χ0) is 14.9. The monoisotopic (exact) mass is 289 g/mol. The summed E-state index contributed by atoms with van der Waals surface area (Å²) in [7, 11) is 2.07. The molecule has 0 spiro atoms. The van der Waals surface area contributed by atoms with E-state index >= 15 is 0 Å². The van der Waals surface area contributed by atoms with E-state index in [9.17, 15) is 0 Å². The van der Waals surface area contributed by atoms with Gasteiger partial charge >= 0.3 is 0 Å². The Hall–Kier alpha value is -1.22. The summed E-state index contributed by atoms with van der Waals surface area (Å²) in [5, 5.41) is 3.54. The van der Waals surface area contributed by atoms with Gasteiger partial charge in [-0.05, 0) is 48.9 Å². The maximum atomic E-state index is 5.85. The molecule has 1 aromatic rings. The van der Waals surface area contributed by atoms with E-state index in [-0.39, 0.29) is 0 Å². The molecule has 0 bridgehead atoms. The molecule has 2 unspecified atom stereocenters. The highest BCUT2D eigenvalue weighted by atomic mass is 16.5. The smallest absolute Gasteiger partial charge is 0.161 e. The summed E-state index contributed by atoms with van der Waals surface area (Å²) in [5.74, 6) is 2.46. The van der Waals surface area contributed by atoms with Gasteiger partial charge in [0.2, 0.25) is 0 Å². The van der Waals surface area contributed by atoms with Crippen LogP contribution in [-0.4, -0.2) is 20.3 Å². The quantitative estimate of drug-likeness (QED) is 0.914. The van der Waals surface area contributed by atoms with Crippen molar-refractivity contribution in [3.05, 3.63) is 23.8 Å². The van der Waals surface area contributed by atoms with Gasteiger partial charge in [0.25, 0.3) is 0 Å². The maximum Gasteiger partial charge on any atom is 0.161 e. The van der Waals surface area contributed by atoms with E-state index in [0.29, 0.717) is 17.4 Å². The molecule has 1 saturated carbocycles. The van der Waals surface area contributed by atoms with E-state index in [1.54, 1.807) is 0 Å². The molecule has 1 aliphatic heterocycles. The van der Waals surface area contributed by atoms with Crippen molar-refractivity contribution < 1.29 is 9.47 Å². The molecule has 1 heterocycles. The van der Waals surface area contributed by atoms with Gasteiger partial charge in [-0.2, -0.15) is 0 Å². The Morgan fingerprint density at radius 1 is 1.14 bits per heavy atom. The van der Waals surface area contributed by atoms with Crippen LogP contribution in [0.3, 0.4) is 0 Å². The van der Waals surface area contributed by atoms with Crippen LogP contribution in [-0.2, 0) is 0 Å². The molecule has 1 N–H and O–H groups in total. The lowest BCUT2D eigenvalue weighted by molar-refractivity contribution is 0.203. The largest absolute Gasteiger partial charge is 0.490 e. The number of fused-ring (bicyclic) bond motifs is 1. The molecular weight excluding hydrogens is 262 g/mol. The first-order chi connectivity index (χ1) is 10.1. The molecule has 3 rings (SSSR count). The van der Waals surface area contributed by atoms with Crippen LogP contribution in [0.4, 0.5) is 0 Å². The van der Waals surface area contributed by atoms with Crippen LogP contribution < -0.4 is 14.8 Å². The summed E-state index contributed by atoms with van der Waals surface area (Å²) in [4.78, 5) is 0. The second-order valence-corrected chi connectivity index (χ2v) is 7.01. The molecule has 116 valence electrons.